The SMILES string of the molecule is Cc1ccc(C(CC(=O)Cl)C2CC2)cc1C. The number of carbonyl (C=O) groups is 1. The molecule has 86 valence electrons. The zero-order valence-corrected chi connectivity index (χ0v) is 10.6. The lowest BCUT2D eigenvalue weighted by atomic mass is 9.89. The maximum Gasteiger partial charge on any atom is 0.222 e. The first-order valence-electron chi connectivity index (χ1n) is 5.83. The molecule has 1 aliphatic rings. The molecular formula is C14H17ClO. The van der Waals surface area contributed by atoms with Gasteiger partial charge in [0.25, 0.3) is 0 Å². The monoisotopic (exact) mass is 236 g/mol. The normalized spacial score (nSPS) is 17.2. The third kappa shape index (κ3) is 2.65. The summed E-state index contributed by atoms with van der Waals surface area (Å²) in [4.78, 5) is 11.1. The Morgan fingerprint density at radius 2 is 2.06 bits per heavy atom. The van der Waals surface area contributed by atoms with Crippen LogP contribution in [0.2, 0.25) is 0 Å². The zero-order chi connectivity index (χ0) is 11.7. The molecule has 0 aromatic heterocycles. The van der Waals surface area contributed by atoms with Crippen LogP contribution in [0.3, 0.4) is 0 Å². The Morgan fingerprint density at radius 3 is 2.56 bits per heavy atom. The summed E-state index contributed by atoms with van der Waals surface area (Å²) in [6.07, 6.45) is 2.96. The Hall–Kier alpha value is -0.820. The van der Waals surface area contributed by atoms with Gasteiger partial charge in [-0.2, -0.15) is 0 Å². The first-order chi connectivity index (χ1) is 7.58. The first kappa shape index (κ1) is 11.7. The zero-order valence-electron chi connectivity index (χ0n) is 9.79. The van der Waals surface area contributed by atoms with Crippen LogP contribution in [-0.4, -0.2) is 5.24 Å². The number of hydrogen-bond donors (Lipinski definition) is 0. The third-order valence-corrected chi connectivity index (χ3v) is 3.68. The van der Waals surface area contributed by atoms with E-state index >= 15 is 0 Å². The van der Waals surface area contributed by atoms with Crippen LogP contribution in [0.25, 0.3) is 0 Å². The van der Waals surface area contributed by atoms with Crippen LogP contribution in [-0.2, 0) is 4.79 Å². The molecule has 0 aliphatic heterocycles. The van der Waals surface area contributed by atoms with Gasteiger partial charge in [0, 0.05) is 6.42 Å². The minimum Gasteiger partial charge on any atom is -0.281 e. The quantitative estimate of drug-likeness (QED) is 0.724. The van der Waals surface area contributed by atoms with E-state index in [1.54, 1.807) is 0 Å². The van der Waals surface area contributed by atoms with Crippen molar-refractivity contribution in [1.82, 2.24) is 0 Å². The van der Waals surface area contributed by atoms with E-state index < -0.39 is 0 Å². The second-order valence-electron chi connectivity index (χ2n) is 4.85. The number of hydrogen-bond acceptors (Lipinski definition) is 1. The predicted octanol–water partition coefficient (Wildman–Crippen LogP) is 3.95. The van der Waals surface area contributed by atoms with Crippen molar-refractivity contribution in [1.29, 1.82) is 0 Å². The maximum atomic E-state index is 11.1. The number of rotatable bonds is 4. The largest absolute Gasteiger partial charge is 0.281 e. The summed E-state index contributed by atoms with van der Waals surface area (Å²) in [5.41, 5.74) is 3.88. The van der Waals surface area contributed by atoms with Gasteiger partial charge < -0.3 is 0 Å². The average molecular weight is 237 g/mol. The van der Waals surface area contributed by atoms with Gasteiger partial charge >= 0.3 is 0 Å². The highest BCUT2D eigenvalue weighted by molar-refractivity contribution is 6.63. The summed E-state index contributed by atoms with van der Waals surface area (Å²) in [6.45, 7) is 4.23. The molecule has 0 saturated heterocycles. The molecule has 0 N–H and O–H groups in total. The molecule has 1 saturated carbocycles. The molecule has 2 rings (SSSR count). The lowest BCUT2D eigenvalue weighted by Gasteiger charge is -2.16. The van der Waals surface area contributed by atoms with Crippen molar-refractivity contribution in [3.8, 4) is 0 Å². The second-order valence-corrected chi connectivity index (χ2v) is 5.27. The van der Waals surface area contributed by atoms with Gasteiger partial charge in [0.2, 0.25) is 5.24 Å². The van der Waals surface area contributed by atoms with Gasteiger partial charge in [-0.05, 0) is 66.8 Å². The Labute approximate surface area is 102 Å². The van der Waals surface area contributed by atoms with E-state index in [2.05, 4.69) is 32.0 Å². The molecule has 0 amide bonds. The van der Waals surface area contributed by atoms with E-state index in [0.717, 1.165) is 0 Å². The van der Waals surface area contributed by atoms with E-state index in [1.807, 2.05) is 0 Å². The van der Waals surface area contributed by atoms with Crippen molar-refractivity contribution in [2.45, 2.75) is 39.0 Å². The molecule has 1 aliphatic carbocycles. The minimum atomic E-state index is -0.213. The molecule has 0 bridgehead atoms. The summed E-state index contributed by atoms with van der Waals surface area (Å²) < 4.78 is 0. The lowest BCUT2D eigenvalue weighted by molar-refractivity contribution is -0.112. The van der Waals surface area contributed by atoms with Crippen molar-refractivity contribution in [2.24, 2.45) is 5.92 Å². The van der Waals surface area contributed by atoms with Gasteiger partial charge in [-0.15, -0.1) is 0 Å². The van der Waals surface area contributed by atoms with Crippen LogP contribution in [0.15, 0.2) is 18.2 Å². The second kappa shape index (κ2) is 4.58. The van der Waals surface area contributed by atoms with Crippen LogP contribution < -0.4 is 0 Å². The Morgan fingerprint density at radius 1 is 1.38 bits per heavy atom. The molecule has 1 fully saturated rings. The van der Waals surface area contributed by atoms with Crippen molar-refractivity contribution >= 4 is 16.8 Å². The summed E-state index contributed by atoms with van der Waals surface area (Å²) in [7, 11) is 0. The predicted molar refractivity (Wildman–Crippen MR) is 66.9 cm³/mol. The molecule has 1 nitrogen and oxygen atoms in total. The first-order valence-corrected chi connectivity index (χ1v) is 6.21. The summed E-state index contributed by atoms with van der Waals surface area (Å²) in [5.74, 6) is 1.01. The van der Waals surface area contributed by atoms with Crippen LogP contribution in [0.1, 0.15) is 41.9 Å². The van der Waals surface area contributed by atoms with E-state index in [9.17, 15) is 4.79 Å². The topological polar surface area (TPSA) is 17.1 Å². The van der Waals surface area contributed by atoms with Gasteiger partial charge in [0.15, 0.2) is 0 Å². The van der Waals surface area contributed by atoms with Crippen molar-refractivity contribution in [3.63, 3.8) is 0 Å². The molecule has 1 aromatic carbocycles. The van der Waals surface area contributed by atoms with E-state index in [4.69, 9.17) is 11.6 Å². The minimum absolute atomic E-state index is 0.213. The molecule has 1 aromatic rings. The highest BCUT2D eigenvalue weighted by Gasteiger charge is 2.33. The Bertz CT molecular complexity index is 407. The highest BCUT2D eigenvalue weighted by Crippen LogP contribution is 2.45. The lowest BCUT2D eigenvalue weighted by Crippen LogP contribution is -2.05. The highest BCUT2D eigenvalue weighted by atomic mass is 35.5. The maximum absolute atomic E-state index is 11.1. The fourth-order valence-electron chi connectivity index (χ4n) is 2.22. The van der Waals surface area contributed by atoms with Gasteiger partial charge in [0.05, 0.1) is 0 Å². The Kier molecular flexibility index (Phi) is 3.34. The molecule has 0 heterocycles. The van der Waals surface area contributed by atoms with Crippen molar-refractivity contribution in [3.05, 3.63) is 34.9 Å². The number of benzene rings is 1. The molecule has 16 heavy (non-hydrogen) atoms. The smallest absolute Gasteiger partial charge is 0.222 e. The van der Waals surface area contributed by atoms with Crippen LogP contribution in [0.4, 0.5) is 0 Å². The number of aryl methyl sites for hydroxylation is 2. The Balaban J connectivity index is 2.24. The van der Waals surface area contributed by atoms with Crippen LogP contribution >= 0.6 is 11.6 Å². The summed E-state index contributed by atoms with van der Waals surface area (Å²) in [6, 6.07) is 6.49. The van der Waals surface area contributed by atoms with Gasteiger partial charge in [-0.1, -0.05) is 18.2 Å². The average Bonchev–Trinajstić information content (AvgIpc) is 3.02. The van der Waals surface area contributed by atoms with Gasteiger partial charge in [-0.25, -0.2) is 0 Å². The van der Waals surface area contributed by atoms with Crippen LogP contribution in [0.5, 0.6) is 0 Å². The van der Waals surface area contributed by atoms with Crippen molar-refractivity contribution in [2.75, 3.05) is 0 Å². The molecule has 0 radical (unpaired) electrons. The molecule has 1 unspecified atom stereocenters. The standard InChI is InChI=1S/C14H17ClO/c1-9-3-4-12(7-10(9)2)13(8-14(15)16)11-5-6-11/h3-4,7,11,13H,5-6,8H2,1-2H3. The van der Waals surface area contributed by atoms with E-state index in [-0.39, 0.29) is 5.24 Å². The third-order valence-electron chi connectivity index (χ3n) is 3.53. The number of halogens is 1. The molecular weight excluding hydrogens is 220 g/mol. The van der Waals surface area contributed by atoms with Crippen molar-refractivity contribution < 1.29 is 4.79 Å². The molecule has 1 atom stereocenters. The van der Waals surface area contributed by atoms with Gasteiger partial charge in [-0.3, -0.25) is 4.79 Å². The van der Waals surface area contributed by atoms with E-state index in [0.29, 0.717) is 18.3 Å². The number of carbonyl (C=O) groups excluding carboxylic acids is 1. The van der Waals surface area contributed by atoms with Crippen LogP contribution in [0, 0.1) is 19.8 Å². The molecule has 2 heteroatoms. The molecule has 0 spiro atoms. The van der Waals surface area contributed by atoms with Gasteiger partial charge in [0.1, 0.15) is 0 Å². The fraction of sp³-hybridized carbons (Fsp3) is 0.500. The summed E-state index contributed by atoms with van der Waals surface area (Å²) >= 11 is 5.53. The summed E-state index contributed by atoms with van der Waals surface area (Å²) in [5, 5.41) is -0.213. The van der Waals surface area contributed by atoms with E-state index in [1.165, 1.54) is 29.5 Å². The fourth-order valence-corrected chi connectivity index (χ4v) is 2.39.